The monoisotopic (exact) mass is 377 g/mol. The highest BCUT2D eigenvalue weighted by Crippen LogP contribution is 2.25. The molecule has 0 fully saturated rings. The van der Waals surface area contributed by atoms with E-state index in [2.05, 4.69) is 0 Å². The van der Waals surface area contributed by atoms with Crippen LogP contribution in [0.4, 0.5) is 0 Å². The molecule has 0 N–H and O–H groups in total. The molecular formula is C21H15NO6. The van der Waals surface area contributed by atoms with Crippen molar-refractivity contribution < 1.29 is 28.3 Å². The second-order valence-electron chi connectivity index (χ2n) is 6.38. The van der Waals surface area contributed by atoms with E-state index in [1.807, 2.05) is 6.07 Å². The Morgan fingerprint density at radius 1 is 1.00 bits per heavy atom. The van der Waals surface area contributed by atoms with Crippen molar-refractivity contribution in [3.63, 3.8) is 0 Å². The van der Waals surface area contributed by atoms with Crippen LogP contribution in [0.2, 0.25) is 0 Å². The topological polar surface area (TPSA) is 93.9 Å². The molecule has 28 heavy (non-hydrogen) atoms. The maximum absolute atomic E-state index is 12.4. The quantitative estimate of drug-likeness (QED) is 0.386. The van der Waals surface area contributed by atoms with Crippen molar-refractivity contribution in [2.24, 2.45) is 0 Å². The molecule has 7 heteroatoms. The van der Waals surface area contributed by atoms with E-state index in [4.69, 9.17) is 9.15 Å². The van der Waals surface area contributed by atoms with Gasteiger partial charge in [-0.3, -0.25) is 19.3 Å². The molecule has 3 aromatic rings. The minimum absolute atomic E-state index is 0.0717. The number of furan rings is 1. The number of carbonyl (C=O) groups excluding carboxylic acids is 4. The molecule has 0 bridgehead atoms. The summed E-state index contributed by atoms with van der Waals surface area (Å²) in [6.07, 6.45) is 0. The lowest BCUT2D eigenvalue weighted by atomic mass is 10.1. The summed E-state index contributed by atoms with van der Waals surface area (Å²) in [5.41, 5.74) is 1.03. The molecular weight excluding hydrogens is 362 g/mol. The molecule has 0 saturated heterocycles. The van der Waals surface area contributed by atoms with E-state index in [1.165, 1.54) is 19.1 Å². The number of hydrogen-bond acceptors (Lipinski definition) is 6. The summed E-state index contributed by atoms with van der Waals surface area (Å²) in [6.45, 7) is 0.835. The van der Waals surface area contributed by atoms with Gasteiger partial charge in [0.1, 0.15) is 11.6 Å². The molecule has 1 unspecified atom stereocenters. The summed E-state index contributed by atoms with van der Waals surface area (Å²) in [5, 5.41) is 0.761. The highest BCUT2D eigenvalue weighted by molar-refractivity contribution is 6.22. The van der Waals surface area contributed by atoms with Crippen LogP contribution in [0.3, 0.4) is 0 Å². The molecule has 1 aliphatic heterocycles. The molecule has 0 aliphatic carbocycles. The number of para-hydroxylation sites is 1. The minimum Gasteiger partial charge on any atom is -0.456 e. The van der Waals surface area contributed by atoms with Crippen molar-refractivity contribution in [1.29, 1.82) is 0 Å². The van der Waals surface area contributed by atoms with Crippen molar-refractivity contribution >= 4 is 34.5 Å². The van der Waals surface area contributed by atoms with Crippen LogP contribution in [-0.2, 0) is 9.53 Å². The zero-order chi connectivity index (χ0) is 19.8. The summed E-state index contributed by atoms with van der Waals surface area (Å²) >= 11 is 0. The Bertz CT molecular complexity index is 1060. The molecule has 1 aromatic heterocycles. The molecule has 2 aromatic carbocycles. The van der Waals surface area contributed by atoms with Crippen LogP contribution in [0.15, 0.2) is 59.0 Å². The molecule has 1 atom stereocenters. The average molecular weight is 377 g/mol. The zero-order valence-corrected chi connectivity index (χ0v) is 14.9. The van der Waals surface area contributed by atoms with Crippen LogP contribution >= 0.6 is 0 Å². The average Bonchev–Trinajstić information content (AvgIpc) is 3.25. The van der Waals surface area contributed by atoms with Crippen LogP contribution in [0.5, 0.6) is 0 Å². The molecule has 0 saturated carbocycles. The number of benzene rings is 2. The van der Waals surface area contributed by atoms with Crippen molar-refractivity contribution in [1.82, 2.24) is 4.90 Å². The number of carbonyl (C=O) groups is 4. The number of imide groups is 1. The van der Waals surface area contributed by atoms with Gasteiger partial charge in [-0.25, -0.2) is 4.79 Å². The predicted molar refractivity (Wildman–Crippen MR) is 97.9 cm³/mol. The van der Waals surface area contributed by atoms with Crippen molar-refractivity contribution in [2.45, 2.75) is 13.0 Å². The molecule has 140 valence electrons. The number of ketones is 1. The Morgan fingerprint density at radius 3 is 2.25 bits per heavy atom. The molecule has 4 rings (SSSR count). The van der Waals surface area contributed by atoms with Crippen LogP contribution in [-0.4, -0.2) is 41.1 Å². The first kappa shape index (κ1) is 17.7. The fraction of sp³-hybridized carbons (Fsp3) is 0.143. The van der Waals surface area contributed by atoms with Gasteiger partial charge in [0.15, 0.2) is 12.4 Å². The fourth-order valence-corrected chi connectivity index (χ4v) is 3.11. The maximum atomic E-state index is 12.4. The first-order valence-electron chi connectivity index (χ1n) is 8.62. The number of ether oxygens (including phenoxy) is 1. The van der Waals surface area contributed by atoms with Gasteiger partial charge in [-0.1, -0.05) is 30.3 Å². The van der Waals surface area contributed by atoms with E-state index in [9.17, 15) is 19.2 Å². The molecule has 2 heterocycles. The summed E-state index contributed by atoms with van der Waals surface area (Å²) in [6, 6.07) is 13.9. The van der Waals surface area contributed by atoms with Crippen LogP contribution in [0.1, 0.15) is 38.2 Å². The van der Waals surface area contributed by atoms with Crippen LogP contribution < -0.4 is 0 Å². The first-order chi connectivity index (χ1) is 13.5. The van der Waals surface area contributed by atoms with Gasteiger partial charge in [-0.15, -0.1) is 0 Å². The van der Waals surface area contributed by atoms with Crippen molar-refractivity contribution in [3.8, 4) is 0 Å². The zero-order valence-electron chi connectivity index (χ0n) is 14.9. The van der Waals surface area contributed by atoms with E-state index in [0.717, 1.165) is 10.3 Å². The number of fused-ring (bicyclic) bond motifs is 2. The number of nitrogens with zero attached hydrogens (tertiary/aromatic N) is 1. The predicted octanol–water partition coefficient (Wildman–Crippen LogP) is 2.84. The van der Waals surface area contributed by atoms with Crippen molar-refractivity contribution in [3.05, 3.63) is 71.5 Å². The lowest BCUT2D eigenvalue weighted by molar-refractivity contribution is -0.146. The Morgan fingerprint density at radius 2 is 1.61 bits per heavy atom. The highest BCUT2D eigenvalue weighted by Gasteiger charge is 2.41. The number of hydrogen-bond donors (Lipinski definition) is 0. The summed E-state index contributed by atoms with van der Waals surface area (Å²) in [5.74, 6) is -2.41. The molecule has 0 radical (unpaired) electrons. The smallest absolute Gasteiger partial charge is 0.329 e. The Kier molecular flexibility index (Phi) is 4.27. The normalized spacial score (nSPS) is 14.2. The van der Waals surface area contributed by atoms with Gasteiger partial charge in [-0.05, 0) is 31.2 Å². The maximum Gasteiger partial charge on any atom is 0.329 e. The van der Waals surface area contributed by atoms with E-state index in [0.29, 0.717) is 5.58 Å². The number of Topliss-reactive ketones (excluding diaryl/α,β-unsaturated/α-hetero) is 1. The second-order valence-corrected chi connectivity index (χ2v) is 6.38. The Hall–Kier alpha value is -3.74. The van der Waals surface area contributed by atoms with Gasteiger partial charge in [0.05, 0.1) is 11.1 Å². The number of rotatable bonds is 5. The molecule has 0 spiro atoms. The lowest BCUT2D eigenvalue weighted by Crippen LogP contribution is -2.44. The SMILES string of the molecule is CC(C(=O)OCC(=O)c1cc2ccccc2o1)N1C(=O)c2ccccc2C1=O. The van der Waals surface area contributed by atoms with Gasteiger partial charge in [0.2, 0.25) is 5.78 Å². The third-order valence-electron chi connectivity index (χ3n) is 4.60. The van der Waals surface area contributed by atoms with Crippen LogP contribution in [0, 0.1) is 0 Å². The summed E-state index contributed by atoms with van der Waals surface area (Å²) in [7, 11) is 0. The second kappa shape index (κ2) is 6.77. The standard InChI is InChI=1S/C21H15NO6/c1-12(22-19(24)14-7-3-4-8-15(14)20(22)25)21(26)27-11-16(23)18-10-13-6-2-5-9-17(13)28-18/h2-10,12H,11H2,1H3. The summed E-state index contributed by atoms with van der Waals surface area (Å²) < 4.78 is 10.5. The van der Waals surface area contributed by atoms with Gasteiger partial charge in [0, 0.05) is 5.39 Å². The number of esters is 1. The molecule has 7 nitrogen and oxygen atoms in total. The third kappa shape index (κ3) is 2.87. The fourth-order valence-electron chi connectivity index (χ4n) is 3.11. The van der Waals surface area contributed by atoms with Gasteiger partial charge >= 0.3 is 5.97 Å². The molecule has 1 aliphatic rings. The van der Waals surface area contributed by atoms with Gasteiger partial charge in [0.25, 0.3) is 11.8 Å². The third-order valence-corrected chi connectivity index (χ3v) is 4.60. The first-order valence-corrected chi connectivity index (χ1v) is 8.62. The molecule has 2 amide bonds. The Balaban J connectivity index is 1.43. The minimum atomic E-state index is -1.16. The number of amides is 2. The Labute approximate surface area is 159 Å². The van der Waals surface area contributed by atoms with Crippen LogP contribution in [0.25, 0.3) is 11.0 Å². The van der Waals surface area contributed by atoms with E-state index < -0.39 is 36.2 Å². The largest absolute Gasteiger partial charge is 0.456 e. The van der Waals surface area contributed by atoms with E-state index >= 15 is 0 Å². The highest BCUT2D eigenvalue weighted by atomic mass is 16.5. The van der Waals surface area contributed by atoms with E-state index in [1.54, 1.807) is 36.4 Å². The van der Waals surface area contributed by atoms with Crippen molar-refractivity contribution in [2.75, 3.05) is 6.61 Å². The van der Waals surface area contributed by atoms with E-state index in [-0.39, 0.29) is 16.9 Å². The van der Waals surface area contributed by atoms with Gasteiger partial charge < -0.3 is 9.15 Å². The lowest BCUT2D eigenvalue weighted by Gasteiger charge is -2.20. The summed E-state index contributed by atoms with van der Waals surface area (Å²) in [4.78, 5) is 50.3. The van der Waals surface area contributed by atoms with Gasteiger partial charge in [-0.2, -0.15) is 0 Å².